The van der Waals surface area contributed by atoms with E-state index in [0.29, 0.717) is 29.9 Å². The highest BCUT2D eigenvalue weighted by Crippen LogP contribution is 2.52. The van der Waals surface area contributed by atoms with E-state index in [1.54, 1.807) is 67.3 Å². The highest BCUT2D eigenvalue weighted by atomic mass is 31.2. The van der Waals surface area contributed by atoms with Gasteiger partial charge in [0.05, 0.1) is 44.3 Å². The smallest absolute Gasteiger partial charge is 0.459 e. The quantitative estimate of drug-likeness (QED) is 0.167. The van der Waals surface area contributed by atoms with Gasteiger partial charge in [-0.3, -0.25) is 9.32 Å². The first-order chi connectivity index (χ1) is 21.6. The van der Waals surface area contributed by atoms with Crippen LogP contribution in [0.5, 0.6) is 11.6 Å². The molecule has 2 aliphatic heterocycles. The minimum absolute atomic E-state index is 0.251. The lowest BCUT2D eigenvalue weighted by atomic mass is 9.86. The first-order valence-corrected chi connectivity index (χ1v) is 16.1. The Labute approximate surface area is 259 Å². The Morgan fingerprint density at radius 2 is 2.00 bits per heavy atom. The molecule has 6 rings (SSSR count). The van der Waals surface area contributed by atoms with Crippen molar-refractivity contribution in [2.24, 2.45) is 0 Å². The second-order valence-corrected chi connectivity index (χ2v) is 12.8. The number of methoxy groups -OCH3 is 1. The van der Waals surface area contributed by atoms with Crippen LogP contribution in [0.25, 0.3) is 22.2 Å². The van der Waals surface area contributed by atoms with Crippen molar-refractivity contribution in [2.45, 2.75) is 63.4 Å². The molecule has 0 amide bonds. The van der Waals surface area contributed by atoms with Crippen LogP contribution in [-0.2, 0) is 28.1 Å². The number of aromatic nitrogens is 3. The first kappa shape index (κ1) is 31.2. The number of esters is 1. The Morgan fingerprint density at radius 3 is 2.64 bits per heavy atom. The number of para-hydroxylation sites is 1. The lowest BCUT2D eigenvalue weighted by Gasteiger charge is -2.44. The van der Waals surface area contributed by atoms with Crippen molar-refractivity contribution in [1.29, 1.82) is 0 Å². The molecule has 3 aromatic heterocycles. The number of aliphatic hydroxyl groups excluding tert-OH is 1. The maximum absolute atomic E-state index is 14.0. The molecule has 1 unspecified atom stereocenters. The summed E-state index contributed by atoms with van der Waals surface area (Å²) in [6.45, 7) is 4.96. The lowest BCUT2D eigenvalue weighted by Crippen LogP contribution is -2.56. The van der Waals surface area contributed by atoms with Gasteiger partial charge in [0.2, 0.25) is 5.88 Å². The number of nitrogens with one attached hydrogen (secondary N) is 1. The molecule has 0 saturated carbocycles. The van der Waals surface area contributed by atoms with Gasteiger partial charge in [0.1, 0.15) is 41.6 Å². The molecule has 240 valence electrons. The fraction of sp³-hybridized carbons (Fsp3) is 0.433. The van der Waals surface area contributed by atoms with E-state index in [-0.39, 0.29) is 18.5 Å². The van der Waals surface area contributed by atoms with Crippen LogP contribution < -0.4 is 14.3 Å². The Hall–Kier alpha value is -3.78. The van der Waals surface area contributed by atoms with Crippen molar-refractivity contribution in [3.63, 3.8) is 0 Å². The Bertz CT molecular complexity index is 1670. The number of hydrogen-bond acceptors (Lipinski definition) is 12. The third-order valence-corrected chi connectivity index (χ3v) is 9.37. The number of furan rings is 1. The Morgan fingerprint density at radius 1 is 1.22 bits per heavy atom. The summed E-state index contributed by atoms with van der Waals surface area (Å²) >= 11 is 0. The summed E-state index contributed by atoms with van der Waals surface area (Å²) in [5, 5.41) is 14.9. The van der Waals surface area contributed by atoms with E-state index in [4.69, 9.17) is 32.4 Å². The van der Waals surface area contributed by atoms with Gasteiger partial charge in [0.15, 0.2) is 6.23 Å². The zero-order chi connectivity index (χ0) is 31.8. The third kappa shape index (κ3) is 5.97. The van der Waals surface area contributed by atoms with Crippen molar-refractivity contribution in [2.75, 3.05) is 20.3 Å². The molecule has 2 N–H and O–H groups in total. The van der Waals surface area contributed by atoms with Gasteiger partial charge in [0.25, 0.3) is 0 Å². The molecule has 14 nitrogen and oxygen atoms in total. The van der Waals surface area contributed by atoms with Crippen LogP contribution >= 0.6 is 7.75 Å². The third-order valence-electron chi connectivity index (χ3n) is 7.73. The lowest BCUT2D eigenvalue weighted by molar-refractivity contribution is -0.225. The number of carbonyl (C=O) groups excluding carboxylic acids is 1. The first-order valence-electron chi connectivity index (χ1n) is 14.5. The van der Waals surface area contributed by atoms with Gasteiger partial charge in [-0.15, -0.1) is 0 Å². The number of aliphatic hydroxyl groups is 1. The van der Waals surface area contributed by atoms with Crippen molar-refractivity contribution in [3.05, 3.63) is 61.4 Å². The van der Waals surface area contributed by atoms with E-state index in [0.717, 1.165) is 11.1 Å². The van der Waals surface area contributed by atoms with Gasteiger partial charge in [-0.25, -0.2) is 14.5 Å². The fourth-order valence-corrected chi connectivity index (χ4v) is 7.05. The molecule has 6 atom stereocenters. The van der Waals surface area contributed by atoms with Gasteiger partial charge < -0.3 is 37.6 Å². The van der Waals surface area contributed by atoms with Crippen LogP contribution in [0.15, 0.2) is 65.9 Å². The Balaban J connectivity index is 1.29. The second-order valence-electron chi connectivity index (χ2n) is 11.1. The molecule has 2 fully saturated rings. The van der Waals surface area contributed by atoms with Crippen LogP contribution in [0, 0.1) is 0 Å². The van der Waals surface area contributed by atoms with E-state index >= 15 is 0 Å². The van der Waals surface area contributed by atoms with Crippen molar-refractivity contribution in [3.8, 4) is 22.8 Å². The summed E-state index contributed by atoms with van der Waals surface area (Å²) in [6, 6.07) is 9.17. The normalized spacial score (nSPS) is 24.8. The van der Waals surface area contributed by atoms with Gasteiger partial charge in [-0.1, -0.05) is 18.2 Å². The zero-order valence-corrected chi connectivity index (χ0v) is 26.1. The van der Waals surface area contributed by atoms with Crippen LogP contribution in [0.1, 0.15) is 33.4 Å². The Kier molecular flexibility index (Phi) is 8.70. The molecule has 1 spiro atoms. The number of rotatable bonds is 12. The molecular weight excluding hydrogens is 607 g/mol. The number of nitrogens with zero attached hydrogens (tertiary/aromatic N) is 3. The highest BCUT2D eigenvalue weighted by Gasteiger charge is 2.62. The molecule has 0 radical (unpaired) electrons. The molecular formula is C30H35N4O10P. The van der Waals surface area contributed by atoms with E-state index in [9.17, 15) is 14.5 Å². The maximum atomic E-state index is 14.0. The van der Waals surface area contributed by atoms with E-state index < -0.39 is 43.8 Å². The van der Waals surface area contributed by atoms with Crippen molar-refractivity contribution >= 4 is 24.7 Å². The average molecular weight is 643 g/mol. The molecule has 1 aromatic carbocycles. The van der Waals surface area contributed by atoms with E-state index in [1.807, 2.05) is 6.20 Å². The van der Waals surface area contributed by atoms with E-state index in [1.165, 1.54) is 20.4 Å². The summed E-state index contributed by atoms with van der Waals surface area (Å²) < 4.78 is 56.0. The number of ether oxygens (including phenoxy) is 4. The van der Waals surface area contributed by atoms with Crippen LogP contribution in [0.4, 0.5) is 0 Å². The summed E-state index contributed by atoms with van der Waals surface area (Å²) in [4.78, 5) is 21.3. The minimum atomic E-state index is -4.21. The maximum Gasteiger partial charge on any atom is 0.459 e. The number of carbonyl (C=O) groups is 1. The molecule has 0 bridgehead atoms. The number of fused-ring (bicyclic) bond motifs is 1. The number of benzene rings is 1. The molecule has 2 saturated heterocycles. The van der Waals surface area contributed by atoms with Gasteiger partial charge >= 0.3 is 13.7 Å². The van der Waals surface area contributed by atoms with Crippen LogP contribution in [-0.4, -0.2) is 75.9 Å². The monoisotopic (exact) mass is 642 g/mol. The fourth-order valence-electron chi connectivity index (χ4n) is 5.55. The second kappa shape index (κ2) is 12.5. The van der Waals surface area contributed by atoms with Crippen molar-refractivity contribution in [1.82, 2.24) is 19.6 Å². The van der Waals surface area contributed by atoms with Crippen molar-refractivity contribution < 1.29 is 46.9 Å². The van der Waals surface area contributed by atoms with Crippen LogP contribution in [0.3, 0.4) is 0 Å². The molecule has 4 aromatic rings. The summed E-state index contributed by atoms with van der Waals surface area (Å²) in [5.41, 5.74) is 0.849. The highest BCUT2D eigenvalue weighted by molar-refractivity contribution is 7.52. The van der Waals surface area contributed by atoms with Gasteiger partial charge in [0, 0.05) is 23.7 Å². The molecule has 0 aliphatic carbocycles. The topological polar surface area (TPSA) is 166 Å². The largest absolute Gasteiger partial charge is 0.480 e. The van der Waals surface area contributed by atoms with E-state index in [2.05, 4.69) is 15.1 Å². The summed E-state index contributed by atoms with van der Waals surface area (Å²) in [5.74, 6) is -0.0245. The molecule has 5 heterocycles. The predicted octanol–water partition coefficient (Wildman–Crippen LogP) is 4.25. The summed E-state index contributed by atoms with van der Waals surface area (Å²) in [6.07, 6.45) is 3.43. The molecule has 45 heavy (non-hydrogen) atoms. The van der Waals surface area contributed by atoms with Crippen LogP contribution in [0.2, 0.25) is 0 Å². The SMILES string of the molecule is COc1ncnc2c1c(-c1ccoc1)cn2[C@@H]1O[C@H](COP(=O)(N[C@@H](C)C(=O)OC(C)C)Oc2ccccc2)[C@@H](O)[C@]12CCO2. The molecule has 2 aliphatic rings. The van der Waals surface area contributed by atoms with Gasteiger partial charge in [-0.05, 0) is 39.0 Å². The minimum Gasteiger partial charge on any atom is -0.480 e. The predicted molar refractivity (Wildman–Crippen MR) is 159 cm³/mol. The standard InChI is InChI=1S/C30H35N4O10P/c1-18(2)42-28(36)19(3)33-45(37,44-21-8-6-5-7-9-21)41-16-23-25(35)30(11-13-40-30)29(43-23)34-14-22(20-10-12-39-15-20)24-26(34)31-17-32-27(24)38-4/h5-10,12,14-15,17-19,23,25,29,35H,11,13,16H2,1-4H3,(H,33,37)/t19-,23+,25+,29+,30+,45?/m0/s1. The summed E-state index contributed by atoms with van der Waals surface area (Å²) in [7, 11) is -2.69. The zero-order valence-electron chi connectivity index (χ0n) is 25.2. The number of hydrogen-bond donors (Lipinski definition) is 2. The van der Waals surface area contributed by atoms with Gasteiger partial charge in [-0.2, -0.15) is 5.09 Å². The molecule has 15 heteroatoms. The average Bonchev–Trinajstić information content (AvgIpc) is 3.72.